The second-order valence-electron chi connectivity index (χ2n) is 4.12. The van der Waals surface area contributed by atoms with Gasteiger partial charge in [0.25, 0.3) is 0 Å². The molecule has 1 amide bonds. The number of likely N-dealkylation sites (N-methyl/N-ethyl adjacent to an activating group) is 1. The fourth-order valence-corrected chi connectivity index (χ4v) is 1.64. The summed E-state index contributed by atoms with van der Waals surface area (Å²) >= 11 is 2.15. The molecule has 0 saturated heterocycles. The van der Waals surface area contributed by atoms with Crippen LogP contribution in [0.1, 0.15) is 6.92 Å². The highest BCUT2D eigenvalue weighted by molar-refractivity contribution is 14.1. The minimum absolute atomic E-state index is 0.0236. The number of halogens is 1. The number of aromatic nitrogens is 1. The molecule has 20 heavy (non-hydrogen) atoms. The largest absolute Gasteiger partial charge is 0.491 e. The van der Waals surface area contributed by atoms with Gasteiger partial charge in [-0.05, 0) is 41.6 Å². The van der Waals surface area contributed by atoms with Crippen LogP contribution in [0, 0.1) is 3.70 Å². The average molecular weight is 389 g/mol. The molecule has 0 saturated carbocycles. The first-order valence-electron chi connectivity index (χ1n) is 6.50. The van der Waals surface area contributed by atoms with E-state index in [9.17, 15) is 4.79 Å². The summed E-state index contributed by atoms with van der Waals surface area (Å²) in [5, 5.41) is 3.17. The summed E-state index contributed by atoms with van der Waals surface area (Å²) in [4.78, 5) is 17.3. The Morgan fingerprint density at radius 3 is 3.00 bits per heavy atom. The fraction of sp³-hybridized carbons (Fsp3) is 0.429. The zero-order chi connectivity index (χ0) is 14.8. The molecular weight excluding hydrogens is 369 g/mol. The van der Waals surface area contributed by atoms with Crippen molar-refractivity contribution < 1.29 is 9.53 Å². The number of rotatable bonds is 8. The maximum atomic E-state index is 11.5. The molecule has 0 aromatic carbocycles. The van der Waals surface area contributed by atoms with E-state index in [0.717, 1.165) is 9.45 Å². The molecule has 1 N–H and O–H groups in total. The Balaban J connectivity index is 2.09. The highest BCUT2D eigenvalue weighted by Crippen LogP contribution is 2.09. The molecule has 1 heterocycles. The van der Waals surface area contributed by atoms with Gasteiger partial charge in [-0.2, -0.15) is 0 Å². The molecule has 0 spiro atoms. The molecule has 1 aromatic rings. The monoisotopic (exact) mass is 389 g/mol. The highest BCUT2D eigenvalue weighted by atomic mass is 127. The number of hydrogen-bond donors (Lipinski definition) is 1. The van der Waals surface area contributed by atoms with E-state index in [0.29, 0.717) is 26.2 Å². The van der Waals surface area contributed by atoms with Crippen molar-refractivity contribution in [2.75, 3.05) is 33.3 Å². The van der Waals surface area contributed by atoms with Crippen molar-refractivity contribution in [3.05, 3.63) is 34.2 Å². The number of pyridine rings is 1. The molecule has 0 radical (unpaired) electrons. The predicted octanol–water partition coefficient (Wildman–Crippen LogP) is 1.69. The lowest BCUT2D eigenvalue weighted by molar-refractivity contribution is -0.124. The van der Waals surface area contributed by atoms with Gasteiger partial charge >= 0.3 is 0 Å². The van der Waals surface area contributed by atoms with Gasteiger partial charge in [0.15, 0.2) is 0 Å². The second-order valence-corrected chi connectivity index (χ2v) is 5.23. The Kier molecular flexibility index (Phi) is 8.20. The summed E-state index contributed by atoms with van der Waals surface area (Å²) in [5.74, 6) is 0.790. The summed E-state index contributed by atoms with van der Waals surface area (Å²) < 4.78 is 6.46. The third-order valence-electron chi connectivity index (χ3n) is 2.62. The number of hydrogen-bond acceptors (Lipinski definition) is 4. The quantitative estimate of drug-likeness (QED) is 0.318. The fourth-order valence-electron chi connectivity index (χ4n) is 1.32. The molecule has 0 fully saturated rings. The molecule has 0 aliphatic heterocycles. The summed E-state index contributed by atoms with van der Waals surface area (Å²) in [6.45, 7) is 4.60. The molecule has 5 nitrogen and oxygen atoms in total. The van der Waals surface area contributed by atoms with Crippen LogP contribution < -0.4 is 10.1 Å². The van der Waals surface area contributed by atoms with Crippen LogP contribution in [0.5, 0.6) is 5.75 Å². The Labute approximate surface area is 133 Å². The van der Waals surface area contributed by atoms with Gasteiger partial charge in [-0.15, -0.1) is 0 Å². The first-order valence-corrected chi connectivity index (χ1v) is 7.58. The van der Waals surface area contributed by atoms with E-state index in [1.807, 2.05) is 25.1 Å². The van der Waals surface area contributed by atoms with Crippen molar-refractivity contribution in [2.45, 2.75) is 6.92 Å². The van der Waals surface area contributed by atoms with Gasteiger partial charge in [-0.3, -0.25) is 4.79 Å². The molecule has 110 valence electrons. The van der Waals surface area contributed by atoms with Gasteiger partial charge in [-0.25, -0.2) is 4.98 Å². The Hall–Kier alpha value is -1.15. The Morgan fingerprint density at radius 2 is 2.35 bits per heavy atom. The number of ether oxygens (including phenoxy) is 1. The zero-order valence-corrected chi connectivity index (χ0v) is 14.0. The van der Waals surface area contributed by atoms with Gasteiger partial charge in [0.2, 0.25) is 5.91 Å². The lowest BCUT2D eigenvalue weighted by atomic mass is 10.4. The number of nitrogens with one attached hydrogen (secondary N) is 1. The summed E-state index contributed by atoms with van der Waals surface area (Å²) in [6, 6.07) is 3.80. The van der Waals surface area contributed by atoms with E-state index in [4.69, 9.17) is 4.74 Å². The summed E-state index contributed by atoms with van der Waals surface area (Å²) in [5.41, 5.74) is 0. The maximum Gasteiger partial charge on any atom is 0.246 e. The van der Waals surface area contributed by atoms with Crippen LogP contribution in [0.15, 0.2) is 30.5 Å². The van der Waals surface area contributed by atoms with E-state index in [1.54, 1.807) is 24.2 Å². The standard InChI is InChI=1S/C14H20IN3O2/c1-3-18(2)14(19)5-4-8-16-9-10-20-12-6-7-13(15)17-11-12/h4-7,11,16H,3,8-10H2,1-2H3/b5-4+. The Bertz CT molecular complexity index is 435. The molecule has 6 heteroatoms. The molecule has 0 aliphatic rings. The van der Waals surface area contributed by atoms with Crippen molar-refractivity contribution >= 4 is 28.5 Å². The molecule has 0 bridgehead atoms. The lowest BCUT2D eigenvalue weighted by Gasteiger charge is -2.10. The number of amides is 1. The third-order valence-corrected chi connectivity index (χ3v) is 3.26. The zero-order valence-electron chi connectivity index (χ0n) is 11.8. The molecule has 0 unspecified atom stereocenters. The number of carbonyl (C=O) groups is 1. The SMILES string of the molecule is CCN(C)C(=O)/C=C/CNCCOc1ccc(I)nc1. The third kappa shape index (κ3) is 6.85. The summed E-state index contributed by atoms with van der Waals surface area (Å²) in [7, 11) is 1.78. The van der Waals surface area contributed by atoms with Gasteiger partial charge < -0.3 is 15.0 Å². The molecule has 0 aliphatic carbocycles. The van der Waals surface area contributed by atoms with Gasteiger partial charge in [0, 0.05) is 32.8 Å². The first-order chi connectivity index (χ1) is 9.63. The molecule has 1 aromatic heterocycles. The van der Waals surface area contributed by atoms with Gasteiger partial charge in [-0.1, -0.05) is 6.08 Å². The number of carbonyl (C=O) groups excluding carboxylic acids is 1. The van der Waals surface area contributed by atoms with Gasteiger partial charge in [0.1, 0.15) is 16.1 Å². The van der Waals surface area contributed by atoms with E-state index in [2.05, 4.69) is 32.9 Å². The second kappa shape index (κ2) is 9.71. The minimum Gasteiger partial charge on any atom is -0.491 e. The minimum atomic E-state index is 0.0236. The van der Waals surface area contributed by atoms with Crippen molar-refractivity contribution in [1.82, 2.24) is 15.2 Å². The van der Waals surface area contributed by atoms with Crippen molar-refractivity contribution in [3.8, 4) is 5.75 Å². The van der Waals surface area contributed by atoms with Crippen LogP contribution in [0.2, 0.25) is 0 Å². The van der Waals surface area contributed by atoms with Crippen LogP contribution in [0.4, 0.5) is 0 Å². The lowest BCUT2D eigenvalue weighted by Crippen LogP contribution is -2.25. The van der Waals surface area contributed by atoms with E-state index < -0.39 is 0 Å². The predicted molar refractivity (Wildman–Crippen MR) is 87.8 cm³/mol. The topological polar surface area (TPSA) is 54.5 Å². The first kappa shape index (κ1) is 16.9. The molecule has 1 rings (SSSR count). The van der Waals surface area contributed by atoms with Crippen molar-refractivity contribution in [2.24, 2.45) is 0 Å². The Morgan fingerprint density at radius 1 is 1.55 bits per heavy atom. The van der Waals surface area contributed by atoms with E-state index in [-0.39, 0.29) is 5.91 Å². The van der Waals surface area contributed by atoms with Crippen molar-refractivity contribution in [3.63, 3.8) is 0 Å². The van der Waals surface area contributed by atoms with Gasteiger partial charge in [0.05, 0.1) is 6.20 Å². The van der Waals surface area contributed by atoms with E-state index >= 15 is 0 Å². The normalized spacial score (nSPS) is 10.8. The maximum absolute atomic E-state index is 11.5. The average Bonchev–Trinajstić information content (AvgIpc) is 2.47. The van der Waals surface area contributed by atoms with Crippen LogP contribution >= 0.6 is 22.6 Å². The molecule has 0 atom stereocenters. The van der Waals surface area contributed by atoms with Crippen LogP contribution in [-0.4, -0.2) is 49.1 Å². The van der Waals surface area contributed by atoms with Crippen molar-refractivity contribution in [1.29, 1.82) is 0 Å². The highest BCUT2D eigenvalue weighted by Gasteiger charge is 1.99. The van der Waals surface area contributed by atoms with Crippen LogP contribution in [-0.2, 0) is 4.79 Å². The molecular formula is C14H20IN3O2. The smallest absolute Gasteiger partial charge is 0.246 e. The van der Waals surface area contributed by atoms with E-state index in [1.165, 1.54) is 0 Å². The summed E-state index contributed by atoms with van der Waals surface area (Å²) in [6.07, 6.45) is 5.11. The number of nitrogens with zero attached hydrogens (tertiary/aromatic N) is 2. The van der Waals surface area contributed by atoms with Crippen LogP contribution in [0.3, 0.4) is 0 Å². The van der Waals surface area contributed by atoms with Crippen LogP contribution in [0.25, 0.3) is 0 Å².